The number of para-hydroxylation sites is 1. The summed E-state index contributed by atoms with van der Waals surface area (Å²) in [6, 6.07) is 7.97. The smallest absolute Gasteiger partial charge is 0.172 e. The first-order valence-corrected chi connectivity index (χ1v) is 6.02. The number of fused-ring (bicyclic) bond motifs is 1. The molecule has 1 fully saturated rings. The molecule has 1 saturated carbocycles. The van der Waals surface area contributed by atoms with Crippen molar-refractivity contribution in [2.24, 2.45) is 5.41 Å². The number of hydrogen-bond donors (Lipinski definition) is 2. The van der Waals surface area contributed by atoms with Gasteiger partial charge >= 0.3 is 0 Å². The SMILES string of the molecule is CNCC1(C(=O)c2c[nH]c3ccccc23)CC1. The van der Waals surface area contributed by atoms with E-state index in [1.165, 1.54) is 0 Å². The fourth-order valence-corrected chi connectivity index (χ4v) is 2.52. The molecule has 1 aliphatic rings. The maximum atomic E-state index is 12.5. The minimum atomic E-state index is -0.139. The van der Waals surface area contributed by atoms with Crippen molar-refractivity contribution < 1.29 is 4.79 Å². The third-order valence-electron chi connectivity index (χ3n) is 3.68. The summed E-state index contributed by atoms with van der Waals surface area (Å²) in [5.41, 5.74) is 1.74. The number of aromatic nitrogens is 1. The average molecular weight is 228 g/mol. The fourth-order valence-electron chi connectivity index (χ4n) is 2.52. The van der Waals surface area contributed by atoms with Gasteiger partial charge in [0.2, 0.25) is 0 Å². The number of aromatic amines is 1. The van der Waals surface area contributed by atoms with Gasteiger partial charge in [-0.1, -0.05) is 18.2 Å². The second-order valence-electron chi connectivity index (χ2n) is 4.89. The van der Waals surface area contributed by atoms with Crippen molar-refractivity contribution in [2.75, 3.05) is 13.6 Å². The van der Waals surface area contributed by atoms with Gasteiger partial charge < -0.3 is 10.3 Å². The molecule has 0 saturated heterocycles. The zero-order valence-electron chi connectivity index (χ0n) is 9.92. The predicted octanol–water partition coefficient (Wildman–Crippen LogP) is 2.35. The molecule has 0 radical (unpaired) electrons. The molecule has 1 aliphatic carbocycles. The van der Waals surface area contributed by atoms with E-state index in [0.717, 1.165) is 35.9 Å². The Kier molecular flexibility index (Phi) is 2.30. The van der Waals surface area contributed by atoms with Crippen LogP contribution in [0.3, 0.4) is 0 Å². The molecule has 1 aromatic carbocycles. The van der Waals surface area contributed by atoms with Crippen molar-refractivity contribution in [3.63, 3.8) is 0 Å². The van der Waals surface area contributed by atoms with E-state index in [9.17, 15) is 4.79 Å². The summed E-state index contributed by atoms with van der Waals surface area (Å²) in [4.78, 5) is 15.7. The molecule has 2 N–H and O–H groups in total. The predicted molar refractivity (Wildman–Crippen MR) is 68.2 cm³/mol. The van der Waals surface area contributed by atoms with Gasteiger partial charge in [0.05, 0.1) is 0 Å². The van der Waals surface area contributed by atoms with Gasteiger partial charge in [0.25, 0.3) is 0 Å². The fraction of sp³-hybridized carbons (Fsp3) is 0.357. The zero-order chi connectivity index (χ0) is 11.9. The molecule has 17 heavy (non-hydrogen) atoms. The van der Waals surface area contributed by atoms with Crippen molar-refractivity contribution in [1.82, 2.24) is 10.3 Å². The van der Waals surface area contributed by atoms with Crippen molar-refractivity contribution >= 4 is 16.7 Å². The molecule has 1 aromatic heterocycles. The van der Waals surface area contributed by atoms with Crippen molar-refractivity contribution in [3.8, 4) is 0 Å². The Balaban J connectivity index is 2.02. The number of hydrogen-bond acceptors (Lipinski definition) is 2. The Morgan fingerprint density at radius 3 is 2.88 bits per heavy atom. The monoisotopic (exact) mass is 228 g/mol. The molecule has 0 atom stereocenters. The van der Waals surface area contributed by atoms with E-state index in [1.807, 2.05) is 37.5 Å². The number of Topliss-reactive ketones (excluding diaryl/α,β-unsaturated/α-hetero) is 1. The van der Waals surface area contributed by atoms with Gasteiger partial charge in [-0.05, 0) is 26.0 Å². The first-order chi connectivity index (χ1) is 8.27. The summed E-state index contributed by atoms with van der Waals surface area (Å²) in [5, 5.41) is 4.17. The van der Waals surface area contributed by atoms with E-state index >= 15 is 0 Å². The molecular formula is C14H16N2O. The highest BCUT2D eigenvalue weighted by Crippen LogP contribution is 2.48. The van der Waals surface area contributed by atoms with Crippen LogP contribution in [-0.2, 0) is 0 Å². The van der Waals surface area contributed by atoms with Crippen LogP contribution in [0.2, 0.25) is 0 Å². The van der Waals surface area contributed by atoms with Crippen LogP contribution in [0.1, 0.15) is 23.2 Å². The highest BCUT2D eigenvalue weighted by Gasteiger charge is 2.49. The van der Waals surface area contributed by atoms with Crippen molar-refractivity contribution in [2.45, 2.75) is 12.8 Å². The maximum absolute atomic E-state index is 12.5. The summed E-state index contributed by atoms with van der Waals surface area (Å²) < 4.78 is 0. The van der Waals surface area contributed by atoms with Crippen LogP contribution in [0.15, 0.2) is 30.5 Å². The molecule has 1 heterocycles. The molecule has 3 rings (SSSR count). The van der Waals surface area contributed by atoms with E-state index in [2.05, 4.69) is 10.3 Å². The summed E-state index contributed by atoms with van der Waals surface area (Å²) >= 11 is 0. The molecule has 0 bridgehead atoms. The molecule has 3 heteroatoms. The number of ketones is 1. The van der Waals surface area contributed by atoms with E-state index < -0.39 is 0 Å². The van der Waals surface area contributed by atoms with Crippen LogP contribution in [0.5, 0.6) is 0 Å². The number of carbonyl (C=O) groups is 1. The largest absolute Gasteiger partial charge is 0.360 e. The van der Waals surface area contributed by atoms with Crippen LogP contribution in [0, 0.1) is 5.41 Å². The second kappa shape index (κ2) is 3.70. The Morgan fingerprint density at radius 2 is 2.18 bits per heavy atom. The first-order valence-electron chi connectivity index (χ1n) is 6.02. The highest BCUT2D eigenvalue weighted by atomic mass is 16.1. The van der Waals surface area contributed by atoms with Gasteiger partial charge in [0.15, 0.2) is 5.78 Å². The van der Waals surface area contributed by atoms with Gasteiger partial charge in [-0.15, -0.1) is 0 Å². The summed E-state index contributed by atoms with van der Waals surface area (Å²) in [6.07, 6.45) is 3.86. The lowest BCUT2D eigenvalue weighted by atomic mass is 9.94. The van der Waals surface area contributed by atoms with Crippen LogP contribution in [-0.4, -0.2) is 24.4 Å². The Labute approximate surface area is 100 Å². The topological polar surface area (TPSA) is 44.9 Å². The second-order valence-corrected chi connectivity index (χ2v) is 4.89. The van der Waals surface area contributed by atoms with Crippen LogP contribution < -0.4 is 5.32 Å². The maximum Gasteiger partial charge on any atom is 0.172 e. The standard InChI is InChI=1S/C14H16N2O/c1-15-9-14(6-7-14)13(17)11-8-16-12-5-3-2-4-10(11)12/h2-5,8,15-16H,6-7,9H2,1H3. The van der Waals surface area contributed by atoms with E-state index in [0.29, 0.717) is 0 Å². The summed E-state index contributed by atoms with van der Waals surface area (Å²) in [5.74, 6) is 0.282. The third-order valence-corrected chi connectivity index (χ3v) is 3.68. The lowest BCUT2D eigenvalue weighted by Crippen LogP contribution is -2.27. The Morgan fingerprint density at radius 1 is 1.41 bits per heavy atom. The van der Waals surface area contributed by atoms with Crippen molar-refractivity contribution in [1.29, 1.82) is 0 Å². The van der Waals surface area contributed by atoms with E-state index in [-0.39, 0.29) is 11.2 Å². The minimum Gasteiger partial charge on any atom is -0.360 e. The Bertz CT molecular complexity index is 566. The molecule has 2 aromatic rings. The average Bonchev–Trinajstić information content (AvgIpc) is 3.01. The van der Waals surface area contributed by atoms with Gasteiger partial charge in [0, 0.05) is 34.6 Å². The number of nitrogens with one attached hydrogen (secondary N) is 2. The number of H-pyrrole nitrogens is 1. The molecule has 0 unspecified atom stereocenters. The first kappa shape index (κ1) is 10.5. The van der Waals surface area contributed by atoms with Gasteiger partial charge in [-0.3, -0.25) is 4.79 Å². The molecule has 0 spiro atoms. The quantitative estimate of drug-likeness (QED) is 0.789. The van der Waals surface area contributed by atoms with Crippen LogP contribution >= 0.6 is 0 Å². The minimum absolute atomic E-state index is 0.139. The van der Waals surface area contributed by atoms with Crippen molar-refractivity contribution in [3.05, 3.63) is 36.0 Å². The molecule has 3 nitrogen and oxygen atoms in total. The lowest BCUT2D eigenvalue weighted by Gasteiger charge is -2.12. The van der Waals surface area contributed by atoms with Crippen LogP contribution in [0.4, 0.5) is 0 Å². The third kappa shape index (κ3) is 1.58. The molecular weight excluding hydrogens is 212 g/mol. The lowest BCUT2D eigenvalue weighted by molar-refractivity contribution is 0.0902. The highest BCUT2D eigenvalue weighted by molar-refractivity contribution is 6.11. The summed E-state index contributed by atoms with van der Waals surface area (Å²) in [6.45, 7) is 0.783. The van der Waals surface area contributed by atoms with Gasteiger partial charge in [-0.2, -0.15) is 0 Å². The summed E-state index contributed by atoms with van der Waals surface area (Å²) in [7, 11) is 1.91. The molecule has 0 aliphatic heterocycles. The number of benzene rings is 1. The van der Waals surface area contributed by atoms with Crippen LogP contribution in [0.25, 0.3) is 10.9 Å². The van der Waals surface area contributed by atoms with Gasteiger partial charge in [0.1, 0.15) is 0 Å². The molecule has 0 amide bonds. The molecule has 88 valence electrons. The number of carbonyl (C=O) groups excluding carboxylic acids is 1. The van der Waals surface area contributed by atoms with E-state index in [4.69, 9.17) is 0 Å². The van der Waals surface area contributed by atoms with E-state index in [1.54, 1.807) is 0 Å². The Hall–Kier alpha value is -1.61. The zero-order valence-corrected chi connectivity index (χ0v) is 9.92. The van der Waals surface area contributed by atoms with Gasteiger partial charge in [-0.25, -0.2) is 0 Å². The number of rotatable bonds is 4. The normalized spacial score (nSPS) is 17.2.